The molecule has 2 atom stereocenters. The molecule has 0 spiro atoms. The van der Waals surface area contributed by atoms with Gasteiger partial charge in [0, 0.05) is 12.2 Å². The Hall–Kier alpha value is -3.09. The molecule has 0 bridgehead atoms. The van der Waals surface area contributed by atoms with E-state index in [1.54, 1.807) is 6.07 Å². The van der Waals surface area contributed by atoms with E-state index in [1.165, 1.54) is 19.3 Å². The highest BCUT2D eigenvalue weighted by Crippen LogP contribution is 2.26. The van der Waals surface area contributed by atoms with Gasteiger partial charge in [0.1, 0.15) is 0 Å². The Morgan fingerprint density at radius 2 is 1.86 bits per heavy atom. The van der Waals surface area contributed by atoms with Gasteiger partial charge in [-0.3, -0.25) is 14.4 Å². The fourth-order valence-electron chi connectivity index (χ4n) is 2.58. The molecule has 0 fully saturated rings. The summed E-state index contributed by atoms with van der Waals surface area (Å²) >= 11 is 0. The van der Waals surface area contributed by atoms with Gasteiger partial charge in [0.25, 0.3) is 11.8 Å². The zero-order valence-electron chi connectivity index (χ0n) is 16.4. The Bertz CT molecular complexity index is 801. The summed E-state index contributed by atoms with van der Waals surface area (Å²) in [5.41, 5.74) is 1.76. The van der Waals surface area contributed by atoms with Crippen LogP contribution in [0.5, 0.6) is 0 Å². The Balaban J connectivity index is 1.80. The van der Waals surface area contributed by atoms with Crippen molar-refractivity contribution >= 4 is 23.5 Å². The smallest absolute Gasteiger partial charge is 0.308 e. The van der Waals surface area contributed by atoms with Crippen LogP contribution in [0.1, 0.15) is 55.6 Å². The predicted octanol–water partition coefficient (Wildman–Crippen LogP) is 3.48. The third kappa shape index (κ3) is 5.97. The fourth-order valence-corrected chi connectivity index (χ4v) is 2.58. The van der Waals surface area contributed by atoms with E-state index >= 15 is 0 Å². The highest BCUT2D eigenvalue weighted by atomic mass is 16.5. The van der Waals surface area contributed by atoms with Gasteiger partial charge >= 0.3 is 5.97 Å². The van der Waals surface area contributed by atoms with E-state index in [4.69, 9.17) is 9.15 Å². The third-order valence-corrected chi connectivity index (χ3v) is 4.40. The number of anilines is 1. The Kier molecular flexibility index (Phi) is 7.80. The zero-order chi connectivity index (χ0) is 20.5. The number of carbonyl (C=O) groups excluding carboxylic acids is 3. The summed E-state index contributed by atoms with van der Waals surface area (Å²) in [6.45, 7) is 5.77. The van der Waals surface area contributed by atoms with Crippen LogP contribution >= 0.6 is 0 Å². The molecule has 2 amide bonds. The van der Waals surface area contributed by atoms with Crippen molar-refractivity contribution in [3.8, 4) is 0 Å². The number of furan rings is 1. The molecule has 7 heteroatoms. The maximum absolute atomic E-state index is 12.4. The molecule has 0 radical (unpaired) electrons. The van der Waals surface area contributed by atoms with E-state index < -0.39 is 23.9 Å². The lowest BCUT2D eigenvalue weighted by Crippen LogP contribution is -2.32. The van der Waals surface area contributed by atoms with Crippen LogP contribution in [0.3, 0.4) is 0 Å². The molecule has 1 heterocycles. The van der Waals surface area contributed by atoms with Crippen LogP contribution in [0.15, 0.2) is 47.1 Å². The monoisotopic (exact) mass is 386 g/mol. The van der Waals surface area contributed by atoms with Crippen LogP contribution in [0.25, 0.3) is 0 Å². The van der Waals surface area contributed by atoms with Crippen LogP contribution < -0.4 is 10.6 Å². The van der Waals surface area contributed by atoms with Crippen LogP contribution in [0.2, 0.25) is 0 Å². The number of hydrogen-bond acceptors (Lipinski definition) is 5. The van der Waals surface area contributed by atoms with E-state index in [0.717, 1.165) is 17.7 Å². The molecular weight excluding hydrogens is 360 g/mol. The molecule has 0 saturated heterocycles. The molecule has 0 aliphatic carbocycles. The van der Waals surface area contributed by atoms with E-state index in [2.05, 4.69) is 24.5 Å². The summed E-state index contributed by atoms with van der Waals surface area (Å²) in [6.07, 6.45) is 1.34. The summed E-state index contributed by atoms with van der Waals surface area (Å²) in [7, 11) is 0. The Morgan fingerprint density at radius 1 is 1.11 bits per heavy atom. The van der Waals surface area contributed by atoms with Crippen molar-refractivity contribution in [2.45, 2.75) is 45.6 Å². The quantitative estimate of drug-likeness (QED) is 0.643. The number of ether oxygens (including phenoxy) is 1. The first-order chi connectivity index (χ1) is 13.4. The lowest BCUT2D eigenvalue weighted by molar-refractivity contribution is -0.153. The van der Waals surface area contributed by atoms with Gasteiger partial charge in [0.05, 0.1) is 12.7 Å². The lowest BCUT2D eigenvalue weighted by Gasteiger charge is -2.18. The summed E-state index contributed by atoms with van der Waals surface area (Å²) < 4.78 is 10.1. The first-order valence-electron chi connectivity index (χ1n) is 9.33. The second-order valence-electron chi connectivity index (χ2n) is 6.50. The topological polar surface area (TPSA) is 97.6 Å². The average Bonchev–Trinajstić information content (AvgIpc) is 3.22. The molecule has 2 aromatic rings. The fraction of sp³-hybridized carbons (Fsp3) is 0.381. The number of para-hydroxylation sites is 1. The number of benzene rings is 1. The third-order valence-electron chi connectivity index (χ3n) is 4.40. The van der Waals surface area contributed by atoms with Gasteiger partial charge in [-0.25, -0.2) is 0 Å². The van der Waals surface area contributed by atoms with Crippen LogP contribution in [0, 0.1) is 0 Å². The van der Waals surface area contributed by atoms with Gasteiger partial charge in [0.15, 0.2) is 11.9 Å². The number of amides is 2. The van der Waals surface area contributed by atoms with Crippen LogP contribution in [0.4, 0.5) is 5.69 Å². The number of rotatable bonds is 9. The summed E-state index contributed by atoms with van der Waals surface area (Å²) in [6, 6.07) is 10.7. The first kappa shape index (κ1) is 21.2. The standard InChI is InChI=1S/C21H26N2O5/c1-4-14(2)16-8-5-6-9-17(16)23-20(25)15(3)28-19(24)11-12-22-21(26)18-10-7-13-27-18/h5-10,13-15H,4,11-12H2,1-3H3,(H,22,26)(H,23,25)/t14-,15-/m0/s1. The molecule has 2 rings (SSSR count). The number of esters is 1. The second kappa shape index (κ2) is 10.3. The molecule has 1 aromatic carbocycles. The number of carbonyl (C=O) groups is 3. The van der Waals surface area contributed by atoms with E-state index in [1.807, 2.05) is 24.3 Å². The van der Waals surface area contributed by atoms with Gasteiger partial charge in [0.2, 0.25) is 0 Å². The molecule has 0 aliphatic rings. The average molecular weight is 386 g/mol. The van der Waals surface area contributed by atoms with E-state index in [9.17, 15) is 14.4 Å². The minimum absolute atomic E-state index is 0.0481. The van der Waals surface area contributed by atoms with Gasteiger partial charge in [-0.1, -0.05) is 32.0 Å². The van der Waals surface area contributed by atoms with Crippen molar-refractivity contribution in [2.24, 2.45) is 0 Å². The van der Waals surface area contributed by atoms with Crippen LogP contribution in [-0.4, -0.2) is 30.4 Å². The van der Waals surface area contributed by atoms with Crippen molar-refractivity contribution < 1.29 is 23.5 Å². The number of nitrogens with one attached hydrogen (secondary N) is 2. The number of hydrogen-bond donors (Lipinski definition) is 2. The maximum Gasteiger partial charge on any atom is 0.308 e. The molecule has 2 N–H and O–H groups in total. The van der Waals surface area contributed by atoms with Crippen molar-refractivity contribution in [3.63, 3.8) is 0 Å². The molecule has 7 nitrogen and oxygen atoms in total. The largest absolute Gasteiger partial charge is 0.459 e. The summed E-state index contributed by atoms with van der Waals surface area (Å²) in [5, 5.41) is 5.38. The highest BCUT2D eigenvalue weighted by Gasteiger charge is 2.20. The molecule has 0 saturated carbocycles. The first-order valence-corrected chi connectivity index (χ1v) is 9.33. The van der Waals surface area contributed by atoms with Gasteiger partial charge in [-0.05, 0) is 43.0 Å². The van der Waals surface area contributed by atoms with Gasteiger partial charge in [-0.2, -0.15) is 0 Å². The minimum Gasteiger partial charge on any atom is -0.459 e. The van der Waals surface area contributed by atoms with Crippen molar-refractivity contribution in [3.05, 3.63) is 54.0 Å². The predicted molar refractivity (Wildman–Crippen MR) is 105 cm³/mol. The normalized spacial score (nSPS) is 12.7. The molecular formula is C21H26N2O5. The minimum atomic E-state index is -0.946. The maximum atomic E-state index is 12.4. The van der Waals surface area contributed by atoms with Crippen LogP contribution in [-0.2, 0) is 14.3 Å². The molecule has 1 aromatic heterocycles. The highest BCUT2D eigenvalue weighted by molar-refractivity contribution is 5.96. The second-order valence-corrected chi connectivity index (χ2v) is 6.50. The van der Waals surface area contributed by atoms with E-state index in [-0.39, 0.29) is 18.7 Å². The lowest BCUT2D eigenvalue weighted by atomic mass is 9.97. The van der Waals surface area contributed by atoms with Crippen molar-refractivity contribution in [1.82, 2.24) is 5.32 Å². The van der Waals surface area contributed by atoms with Crippen molar-refractivity contribution in [1.29, 1.82) is 0 Å². The SMILES string of the molecule is CC[C@H](C)c1ccccc1NC(=O)[C@H](C)OC(=O)CCNC(=O)c1ccco1. The van der Waals surface area contributed by atoms with Gasteiger partial charge in [-0.15, -0.1) is 0 Å². The Morgan fingerprint density at radius 3 is 2.54 bits per heavy atom. The molecule has 28 heavy (non-hydrogen) atoms. The molecule has 0 aliphatic heterocycles. The zero-order valence-corrected chi connectivity index (χ0v) is 16.4. The Labute approximate surface area is 164 Å². The van der Waals surface area contributed by atoms with Gasteiger partial charge < -0.3 is 19.8 Å². The summed E-state index contributed by atoms with van der Waals surface area (Å²) in [5.74, 6) is -0.917. The summed E-state index contributed by atoms with van der Waals surface area (Å²) in [4.78, 5) is 36.0. The molecule has 150 valence electrons. The van der Waals surface area contributed by atoms with Crippen molar-refractivity contribution in [2.75, 3.05) is 11.9 Å². The molecule has 0 unspecified atom stereocenters. The van der Waals surface area contributed by atoms with E-state index in [0.29, 0.717) is 5.92 Å².